The lowest BCUT2D eigenvalue weighted by atomic mass is 9.84. The molecule has 0 fully saturated rings. The maximum atomic E-state index is 9.41. The van der Waals surface area contributed by atoms with E-state index in [1.54, 1.807) is 6.26 Å². The van der Waals surface area contributed by atoms with E-state index in [2.05, 4.69) is 16.3 Å². The molecule has 0 saturated carbocycles. The second-order valence-corrected chi connectivity index (χ2v) is 4.90. The number of nitriles is 1. The van der Waals surface area contributed by atoms with Crippen LogP contribution in [0.1, 0.15) is 29.9 Å². The van der Waals surface area contributed by atoms with Gasteiger partial charge in [-0.05, 0) is 32.1 Å². The minimum atomic E-state index is -0.289. The summed E-state index contributed by atoms with van der Waals surface area (Å²) < 4.78 is 10.7. The standard InChI is InChI=1S/C15H14N4O2/c1-8(6-10-4-3-5-20-10)12-11(7-16)14(17)21-15-13(12)9(2)18-19-15/h3-6,12H,17H2,1-2H3,(H,18,19). The quantitative estimate of drug-likeness (QED) is 0.881. The van der Waals surface area contributed by atoms with Gasteiger partial charge in [0.2, 0.25) is 11.8 Å². The molecule has 0 saturated heterocycles. The Balaban J connectivity index is 2.14. The molecule has 1 atom stereocenters. The maximum absolute atomic E-state index is 9.41. The summed E-state index contributed by atoms with van der Waals surface area (Å²) in [5, 5.41) is 16.4. The molecule has 6 heteroatoms. The van der Waals surface area contributed by atoms with E-state index in [0.29, 0.717) is 11.5 Å². The summed E-state index contributed by atoms with van der Waals surface area (Å²) in [4.78, 5) is 0. The van der Waals surface area contributed by atoms with Gasteiger partial charge in [0, 0.05) is 11.3 Å². The van der Waals surface area contributed by atoms with Crippen LogP contribution in [0.2, 0.25) is 0 Å². The van der Waals surface area contributed by atoms with Gasteiger partial charge >= 0.3 is 0 Å². The second kappa shape index (κ2) is 4.87. The van der Waals surface area contributed by atoms with Crippen LogP contribution in [0.25, 0.3) is 6.08 Å². The molecule has 0 amide bonds. The predicted molar refractivity (Wildman–Crippen MR) is 75.9 cm³/mol. The number of aromatic amines is 1. The van der Waals surface area contributed by atoms with E-state index in [0.717, 1.165) is 22.6 Å². The smallest absolute Gasteiger partial charge is 0.244 e. The Kier molecular flexibility index (Phi) is 3.03. The minimum absolute atomic E-state index is 0.0914. The zero-order valence-corrected chi connectivity index (χ0v) is 11.7. The Morgan fingerprint density at radius 1 is 1.57 bits per heavy atom. The number of nitrogens with one attached hydrogen (secondary N) is 1. The van der Waals surface area contributed by atoms with E-state index in [1.165, 1.54) is 0 Å². The zero-order chi connectivity index (χ0) is 15.0. The number of nitrogens with zero attached hydrogens (tertiary/aromatic N) is 2. The van der Waals surface area contributed by atoms with Gasteiger partial charge in [0.1, 0.15) is 17.4 Å². The largest absolute Gasteiger partial charge is 0.465 e. The van der Waals surface area contributed by atoms with E-state index in [4.69, 9.17) is 14.9 Å². The average Bonchev–Trinajstić information content (AvgIpc) is 3.08. The summed E-state index contributed by atoms with van der Waals surface area (Å²) in [6.45, 7) is 3.82. The van der Waals surface area contributed by atoms with Crippen molar-refractivity contribution in [2.24, 2.45) is 5.73 Å². The monoisotopic (exact) mass is 282 g/mol. The number of H-pyrrole nitrogens is 1. The van der Waals surface area contributed by atoms with E-state index < -0.39 is 0 Å². The molecule has 0 aromatic carbocycles. The number of allylic oxidation sites excluding steroid dienone is 2. The van der Waals surface area contributed by atoms with Crippen molar-refractivity contribution >= 4 is 6.08 Å². The van der Waals surface area contributed by atoms with Crippen molar-refractivity contribution in [3.05, 3.63) is 52.4 Å². The van der Waals surface area contributed by atoms with Crippen molar-refractivity contribution in [1.29, 1.82) is 5.26 Å². The van der Waals surface area contributed by atoms with Crippen LogP contribution in [0.5, 0.6) is 5.88 Å². The van der Waals surface area contributed by atoms with E-state index in [1.807, 2.05) is 32.1 Å². The first-order valence-corrected chi connectivity index (χ1v) is 6.46. The molecule has 1 unspecified atom stereocenters. The minimum Gasteiger partial charge on any atom is -0.465 e. The molecule has 3 heterocycles. The molecule has 2 aromatic heterocycles. The summed E-state index contributed by atoms with van der Waals surface area (Å²) in [7, 11) is 0. The van der Waals surface area contributed by atoms with Crippen molar-refractivity contribution < 1.29 is 9.15 Å². The highest BCUT2D eigenvalue weighted by Gasteiger charge is 2.34. The van der Waals surface area contributed by atoms with Gasteiger partial charge in [0.05, 0.1) is 12.2 Å². The predicted octanol–water partition coefficient (Wildman–Crippen LogP) is 2.58. The van der Waals surface area contributed by atoms with E-state index >= 15 is 0 Å². The van der Waals surface area contributed by atoms with E-state index in [9.17, 15) is 5.26 Å². The van der Waals surface area contributed by atoms with Gasteiger partial charge in [0.15, 0.2) is 0 Å². The van der Waals surface area contributed by atoms with E-state index in [-0.39, 0.29) is 11.8 Å². The Morgan fingerprint density at radius 3 is 3.05 bits per heavy atom. The molecule has 6 nitrogen and oxygen atoms in total. The molecule has 0 aliphatic carbocycles. The molecule has 0 bridgehead atoms. The fourth-order valence-corrected chi connectivity index (χ4v) is 2.54. The number of furan rings is 1. The SMILES string of the molecule is CC(=Cc1ccco1)C1C(C#N)=C(N)Oc2n[nH]c(C)c21. The maximum Gasteiger partial charge on any atom is 0.244 e. The van der Waals surface area contributed by atoms with Gasteiger partial charge in [-0.25, -0.2) is 0 Å². The molecule has 0 spiro atoms. The van der Waals surface area contributed by atoms with Gasteiger partial charge in [-0.2, -0.15) is 5.26 Å². The first-order chi connectivity index (χ1) is 10.1. The molecule has 3 rings (SSSR count). The molecular weight excluding hydrogens is 268 g/mol. The van der Waals surface area contributed by atoms with Gasteiger partial charge in [-0.1, -0.05) is 5.57 Å². The van der Waals surface area contributed by atoms with Gasteiger partial charge in [0.25, 0.3) is 0 Å². The van der Waals surface area contributed by atoms with Crippen molar-refractivity contribution in [3.8, 4) is 11.9 Å². The topological polar surface area (TPSA) is 101 Å². The summed E-state index contributed by atoms with van der Waals surface area (Å²) >= 11 is 0. The molecule has 1 aliphatic heterocycles. The molecular formula is C15H14N4O2. The van der Waals surface area contributed by atoms with Gasteiger partial charge in [-0.15, -0.1) is 5.10 Å². The number of ether oxygens (including phenoxy) is 1. The Labute approximate surface area is 121 Å². The Hall–Kier alpha value is -2.94. The Bertz CT molecular complexity index is 775. The fourth-order valence-electron chi connectivity index (χ4n) is 2.54. The molecule has 1 aliphatic rings. The fraction of sp³-hybridized carbons (Fsp3) is 0.200. The van der Waals surface area contributed by atoms with Crippen molar-refractivity contribution in [3.63, 3.8) is 0 Å². The first-order valence-electron chi connectivity index (χ1n) is 6.46. The summed E-state index contributed by atoms with van der Waals surface area (Å²) in [6, 6.07) is 5.80. The molecule has 21 heavy (non-hydrogen) atoms. The molecule has 106 valence electrons. The lowest BCUT2D eigenvalue weighted by Gasteiger charge is -2.23. The summed E-state index contributed by atoms with van der Waals surface area (Å²) in [5.74, 6) is 0.940. The second-order valence-electron chi connectivity index (χ2n) is 4.90. The van der Waals surface area contributed by atoms with Crippen LogP contribution in [0.4, 0.5) is 0 Å². The number of rotatable bonds is 2. The van der Waals surface area contributed by atoms with Crippen LogP contribution in [-0.4, -0.2) is 10.2 Å². The van der Waals surface area contributed by atoms with Crippen LogP contribution in [-0.2, 0) is 0 Å². The highest BCUT2D eigenvalue weighted by Crippen LogP contribution is 2.42. The number of hydrogen-bond acceptors (Lipinski definition) is 5. The van der Waals surface area contributed by atoms with Gasteiger partial charge in [-0.3, -0.25) is 5.10 Å². The van der Waals surface area contributed by atoms with Crippen LogP contribution in [0, 0.1) is 18.3 Å². The number of aromatic nitrogens is 2. The van der Waals surface area contributed by atoms with Crippen molar-refractivity contribution in [1.82, 2.24) is 10.2 Å². The molecule has 3 N–H and O–H groups in total. The third-order valence-electron chi connectivity index (χ3n) is 3.50. The number of aryl methyl sites for hydroxylation is 1. The van der Waals surface area contributed by atoms with Crippen molar-refractivity contribution in [2.75, 3.05) is 0 Å². The number of nitrogens with two attached hydrogens (primary N) is 1. The van der Waals surface area contributed by atoms with Crippen LogP contribution >= 0.6 is 0 Å². The zero-order valence-electron chi connectivity index (χ0n) is 11.7. The molecule has 2 aromatic rings. The van der Waals surface area contributed by atoms with Gasteiger partial charge < -0.3 is 14.9 Å². The normalized spacial score (nSPS) is 18.1. The first kappa shape index (κ1) is 13.1. The summed E-state index contributed by atoms with van der Waals surface area (Å²) in [6.07, 6.45) is 3.49. The molecule has 0 radical (unpaired) electrons. The third kappa shape index (κ3) is 2.09. The van der Waals surface area contributed by atoms with Crippen molar-refractivity contribution in [2.45, 2.75) is 19.8 Å². The lowest BCUT2D eigenvalue weighted by molar-refractivity contribution is 0.378. The van der Waals surface area contributed by atoms with Crippen LogP contribution < -0.4 is 10.5 Å². The third-order valence-corrected chi connectivity index (χ3v) is 3.50. The highest BCUT2D eigenvalue weighted by molar-refractivity contribution is 5.59. The Morgan fingerprint density at radius 2 is 2.38 bits per heavy atom. The summed E-state index contributed by atoms with van der Waals surface area (Å²) in [5.41, 5.74) is 8.84. The number of fused-ring (bicyclic) bond motifs is 1. The van der Waals surface area contributed by atoms with Crippen LogP contribution in [0.15, 0.2) is 39.8 Å². The average molecular weight is 282 g/mol. The number of hydrogen-bond donors (Lipinski definition) is 2. The lowest BCUT2D eigenvalue weighted by Crippen LogP contribution is -2.20. The van der Waals surface area contributed by atoms with Crippen LogP contribution in [0.3, 0.4) is 0 Å². The highest BCUT2D eigenvalue weighted by atomic mass is 16.5.